The molecule has 1 aliphatic carbocycles. The predicted molar refractivity (Wildman–Crippen MR) is 45.9 cm³/mol. The van der Waals surface area contributed by atoms with Crippen molar-refractivity contribution in [3.05, 3.63) is 0 Å². The average Bonchev–Trinajstić information content (AvgIpc) is 2.05. The topological polar surface area (TPSA) is 92.5 Å². The first-order chi connectivity index (χ1) is 5.59. The van der Waals surface area contributed by atoms with E-state index in [0.29, 0.717) is 0 Å². The highest BCUT2D eigenvalue weighted by molar-refractivity contribution is 4.89. The molecule has 0 bridgehead atoms. The zero-order valence-electron chi connectivity index (χ0n) is 7.24. The normalized spacial score (nSPS) is 28.0. The van der Waals surface area contributed by atoms with E-state index in [-0.39, 0.29) is 0 Å². The SMILES string of the molecule is NC(O)C1(C(N)O)CCCCC1. The van der Waals surface area contributed by atoms with E-state index in [1.807, 2.05) is 0 Å². The van der Waals surface area contributed by atoms with Crippen LogP contribution < -0.4 is 11.5 Å². The van der Waals surface area contributed by atoms with Gasteiger partial charge in [-0.05, 0) is 12.8 Å². The Bertz CT molecular complexity index is 132. The van der Waals surface area contributed by atoms with Crippen molar-refractivity contribution in [2.75, 3.05) is 0 Å². The highest BCUT2D eigenvalue weighted by Gasteiger charge is 2.41. The van der Waals surface area contributed by atoms with Crippen LogP contribution in [0.15, 0.2) is 0 Å². The summed E-state index contributed by atoms with van der Waals surface area (Å²) in [6.07, 6.45) is 2.56. The molecule has 2 unspecified atom stereocenters. The van der Waals surface area contributed by atoms with Gasteiger partial charge in [0.15, 0.2) is 0 Å². The third-order valence-electron chi connectivity index (χ3n) is 2.96. The second-order valence-corrected chi connectivity index (χ2v) is 3.68. The van der Waals surface area contributed by atoms with Crippen LogP contribution in [0.5, 0.6) is 0 Å². The largest absolute Gasteiger partial charge is 0.378 e. The van der Waals surface area contributed by atoms with Crippen molar-refractivity contribution in [1.82, 2.24) is 0 Å². The molecule has 0 aromatic carbocycles. The fourth-order valence-corrected chi connectivity index (χ4v) is 1.98. The summed E-state index contributed by atoms with van der Waals surface area (Å²) in [5.41, 5.74) is 10.2. The van der Waals surface area contributed by atoms with Gasteiger partial charge in [-0.2, -0.15) is 0 Å². The first-order valence-corrected chi connectivity index (χ1v) is 4.47. The lowest BCUT2D eigenvalue weighted by Crippen LogP contribution is -2.54. The molecule has 1 aliphatic rings. The van der Waals surface area contributed by atoms with Crippen molar-refractivity contribution in [3.63, 3.8) is 0 Å². The van der Waals surface area contributed by atoms with Crippen LogP contribution in [0.2, 0.25) is 0 Å². The molecule has 0 aromatic heterocycles. The van der Waals surface area contributed by atoms with Gasteiger partial charge in [0.25, 0.3) is 0 Å². The molecular weight excluding hydrogens is 156 g/mol. The molecule has 2 atom stereocenters. The van der Waals surface area contributed by atoms with Gasteiger partial charge >= 0.3 is 0 Å². The summed E-state index contributed by atoms with van der Waals surface area (Å²) in [6.45, 7) is 0. The minimum atomic E-state index is -1.00. The lowest BCUT2D eigenvalue weighted by atomic mass is 9.71. The van der Waals surface area contributed by atoms with E-state index in [1.54, 1.807) is 0 Å². The molecular formula is C8H18N2O2. The van der Waals surface area contributed by atoms with E-state index in [1.165, 1.54) is 0 Å². The Balaban J connectivity index is 2.70. The van der Waals surface area contributed by atoms with E-state index in [4.69, 9.17) is 11.5 Å². The Labute approximate surface area is 72.6 Å². The summed E-state index contributed by atoms with van der Waals surface area (Å²) >= 11 is 0. The lowest BCUT2D eigenvalue weighted by Gasteiger charge is -2.41. The van der Waals surface area contributed by atoms with E-state index in [2.05, 4.69) is 0 Å². The summed E-state index contributed by atoms with van der Waals surface area (Å²) in [7, 11) is 0. The Hall–Kier alpha value is -0.160. The molecule has 72 valence electrons. The number of hydrogen-bond acceptors (Lipinski definition) is 4. The average molecular weight is 174 g/mol. The maximum atomic E-state index is 9.34. The maximum absolute atomic E-state index is 9.34. The van der Waals surface area contributed by atoms with Crippen LogP contribution in [0.3, 0.4) is 0 Å². The van der Waals surface area contributed by atoms with Crippen LogP contribution in [-0.4, -0.2) is 22.7 Å². The number of rotatable bonds is 2. The molecule has 1 fully saturated rings. The zero-order chi connectivity index (χ0) is 9.19. The fraction of sp³-hybridized carbons (Fsp3) is 1.00. The highest BCUT2D eigenvalue weighted by Crippen LogP contribution is 2.39. The first kappa shape index (κ1) is 9.92. The molecule has 0 amide bonds. The summed E-state index contributed by atoms with van der Waals surface area (Å²) in [5.74, 6) is 0. The number of hydrogen-bond donors (Lipinski definition) is 4. The van der Waals surface area contributed by atoms with Crippen LogP contribution in [0.1, 0.15) is 32.1 Å². The van der Waals surface area contributed by atoms with Crippen molar-refractivity contribution in [3.8, 4) is 0 Å². The van der Waals surface area contributed by atoms with E-state index < -0.39 is 17.9 Å². The van der Waals surface area contributed by atoms with Crippen molar-refractivity contribution < 1.29 is 10.2 Å². The minimum absolute atomic E-state index is 0.655. The Morgan fingerprint density at radius 3 is 1.58 bits per heavy atom. The van der Waals surface area contributed by atoms with Crippen molar-refractivity contribution in [2.45, 2.75) is 44.6 Å². The van der Waals surface area contributed by atoms with Gasteiger partial charge in [-0.25, -0.2) is 0 Å². The second kappa shape index (κ2) is 3.70. The van der Waals surface area contributed by atoms with Gasteiger partial charge in [-0.3, -0.25) is 0 Å². The predicted octanol–water partition coefficient (Wildman–Crippen LogP) is -0.509. The first-order valence-electron chi connectivity index (χ1n) is 4.47. The van der Waals surface area contributed by atoms with Gasteiger partial charge in [-0.15, -0.1) is 0 Å². The molecule has 1 rings (SSSR count). The van der Waals surface area contributed by atoms with Crippen LogP contribution >= 0.6 is 0 Å². The summed E-state index contributed by atoms with van der Waals surface area (Å²) < 4.78 is 0. The zero-order valence-corrected chi connectivity index (χ0v) is 7.24. The highest BCUT2D eigenvalue weighted by atomic mass is 16.3. The van der Waals surface area contributed by atoms with Gasteiger partial charge in [0.05, 0.1) is 0 Å². The van der Waals surface area contributed by atoms with Crippen LogP contribution in [0, 0.1) is 5.41 Å². The molecule has 0 spiro atoms. The minimum Gasteiger partial charge on any atom is -0.378 e. The Morgan fingerprint density at radius 1 is 0.917 bits per heavy atom. The molecule has 4 heteroatoms. The van der Waals surface area contributed by atoms with E-state index in [0.717, 1.165) is 32.1 Å². The molecule has 0 aromatic rings. The number of aliphatic hydroxyl groups is 2. The number of aliphatic hydroxyl groups excluding tert-OH is 2. The van der Waals surface area contributed by atoms with Gasteiger partial charge in [0.1, 0.15) is 12.5 Å². The van der Waals surface area contributed by atoms with Crippen molar-refractivity contribution >= 4 is 0 Å². The van der Waals surface area contributed by atoms with E-state index in [9.17, 15) is 10.2 Å². The summed E-state index contributed by atoms with van der Waals surface area (Å²) in [5, 5.41) is 18.7. The van der Waals surface area contributed by atoms with Crippen molar-refractivity contribution in [1.29, 1.82) is 0 Å². The lowest BCUT2D eigenvalue weighted by molar-refractivity contribution is -0.0869. The third kappa shape index (κ3) is 1.61. The van der Waals surface area contributed by atoms with Crippen molar-refractivity contribution in [2.24, 2.45) is 16.9 Å². The molecule has 0 saturated heterocycles. The Kier molecular flexibility index (Phi) is 3.06. The molecule has 0 radical (unpaired) electrons. The van der Waals surface area contributed by atoms with Crippen LogP contribution in [0.25, 0.3) is 0 Å². The molecule has 0 aliphatic heterocycles. The van der Waals surface area contributed by atoms with Gasteiger partial charge in [0.2, 0.25) is 0 Å². The molecule has 6 N–H and O–H groups in total. The fourth-order valence-electron chi connectivity index (χ4n) is 1.98. The van der Waals surface area contributed by atoms with Crippen LogP contribution in [0.4, 0.5) is 0 Å². The Morgan fingerprint density at radius 2 is 1.33 bits per heavy atom. The number of nitrogens with two attached hydrogens (primary N) is 2. The molecule has 12 heavy (non-hydrogen) atoms. The quantitative estimate of drug-likeness (QED) is 0.424. The van der Waals surface area contributed by atoms with Gasteiger partial charge in [0, 0.05) is 5.41 Å². The summed E-state index contributed by atoms with van der Waals surface area (Å²) in [4.78, 5) is 0. The summed E-state index contributed by atoms with van der Waals surface area (Å²) in [6, 6.07) is 0. The monoisotopic (exact) mass is 174 g/mol. The van der Waals surface area contributed by atoms with Gasteiger partial charge < -0.3 is 21.7 Å². The van der Waals surface area contributed by atoms with E-state index >= 15 is 0 Å². The second-order valence-electron chi connectivity index (χ2n) is 3.68. The van der Waals surface area contributed by atoms with Gasteiger partial charge in [-0.1, -0.05) is 19.3 Å². The van der Waals surface area contributed by atoms with Crippen LogP contribution in [-0.2, 0) is 0 Å². The molecule has 4 nitrogen and oxygen atoms in total. The molecule has 0 heterocycles. The maximum Gasteiger partial charge on any atom is 0.111 e. The standard InChI is InChI=1S/C8H18N2O2/c9-6(11)8(7(10)12)4-2-1-3-5-8/h6-7,11-12H,1-5,9-10H2. The molecule has 1 saturated carbocycles. The third-order valence-corrected chi connectivity index (χ3v) is 2.96. The smallest absolute Gasteiger partial charge is 0.111 e.